The zero-order valence-corrected chi connectivity index (χ0v) is 63.7. The van der Waals surface area contributed by atoms with Crippen molar-refractivity contribution in [1.29, 1.82) is 0 Å². The fraction of sp³-hybridized carbons (Fsp3) is 0.357. The molecule has 3 saturated heterocycles. The van der Waals surface area contributed by atoms with Crippen molar-refractivity contribution >= 4 is 132 Å². The molecule has 3 aromatic heterocycles. The van der Waals surface area contributed by atoms with Gasteiger partial charge in [-0.15, -0.1) is 11.6 Å². The number of carbonyl (C=O) groups excluding carboxylic acids is 5. The summed E-state index contributed by atoms with van der Waals surface area (Å²) in [6, 6.07) is 30.4. The van der Waals surface area contributed by atoms with Crippen LogP contribution in [-0.2, 0) is 57.9 Å². The zero-order valence-electron chi connectivity index (χ0n) is 58.7. The summed E-state index contributed by atoms with van der Waals surface area (Å²) in [5.41, 5.74) is 5.04. The largest absolute Gasteiger partial charge is 1.00 e. The predicted octanol–water partition coefficient (Wildman–Crippen LogP) is 4.54. The van der Waals surface area contributed by atoms with Gasteiger partial charge in [-0.2, -0.15) is 0 Å². The van der Waals surface area contributed by atoms with E-state index in [2.05, 4.69) is 19.4 Å². The molecule has 0 radical (unpaired) electrons. The molecule has 0 aliphatic carbocycles. The number of aliphatic carboxylic acids is 1. The topological polar surface area (TPSA) is 362 Å². The van der Waals surface area contributed by atoms with Gasteiger partial charge in [0, 0.05) is 132 Å². The van der Waals surface area contributed by atoms with Crippen LogP contribution in [-0.4, -0.2) is 212 Å². The Kier molecular flexibility index (Phi) is 31.2. The summed E-state index contributed by atoms with van der Waals surface area (Å²) in [7, 11) is 4.71. The maximum Gasteiger partial charge on any atom is 1.00 e. The van der Waals surface area contributed by atoms with Crippen molar-refractivity contribution in [3.63, 3.8) is 0 Å². The molecule has 3 aliphatic rings. The number of fused-ring (bicyclic) bond motifs is 3. The Labute approximate surface area is 647 Å². The van der Waals surface area contributed by atoms with Crippen molar-refractivity contribution < 1.29 is 120 Å². The van der Waals surface area contributed by atoms with E-state index in [9.17, 15) is 48.3 Å². The summed E-state index contributed by atoms with van der Waals surface area (Å²) in [4.78, 5) is 119. The number of esters is 2. The molecule has 31 nitrogen and oxygen atoms in total. The molecule has 3 N–H and O–H groups in total. The molecular weight excluding hydrogens is 1480 g/mol. The van der Waals surface area contributed by atoms with Crippen LogP contribution in [0.4, 0.5) is 17.1 Å². The molecule has 6 aromatic carbocycles. The molecule has 36 heteroatoms. The second kappa shape index (κ2) is 39.6. The monoisotopic (exact) mass is 1560 g/mol. The number of anilines is 3. The summed E-state index contributed by atoms with van der Waals surface area (Å²) < 4.78 is 55.0. The van der Waals surface area contributed by atoms with Gasteiger partial charge in [-0.05, 0) is 86.6 Å². The molecule has 3 amide bonds. The SMILES string of the molecule is CCOC(=O)CCl.CCOC(=O)COc1ccc2c(c1)oc(=O)n2CC(=O)N1CCN(c2ccc(Cl)c(OC)c2)CC1.COc1cc(N2CCN(C(=O)Cn3c(=O)oc4cc(O)ccc43)CC2)ccc1Cl.COc1cc(N2CCN(C(=O)Cn3c(=O)oc4cc(OCC(=O)O)ccc43)CC2)ccc1Cl.[Na+].[OH-]. The number of hydrogen-bond acceptors (Lipinski definition) is 24. The first kappa shape index (κ1) is 83.5. The molecule has 12 rings (SSSR count). The van der Waals surface area contributed by atoms with E-state index in [-0.39, 0.29) is 126 Å². The third-order valence-electron chi connectivity index (χ3n) is 16.6. The molecule has 0 atom stereocenters. The fourth-order valence-electron chi connectivity index (χ4n) is 11.4. The first-order valence-corrected chi connectivity index (χ1v) is 34.2. The van der Waals surface area contributed by atoms with Crippen molar-refractivity contribution in [1.82, 2.24) is 28.4 Å². The van der Waals surface area contributed by atoms with Gasteiger partial charge in [0.15, 0.2) is 30.0 Å². The number of carboxylic acid groups (broad SMARTS) is 1. The minimum Gasteiger partial charge on any atom is -0.870 e. The summed E-state index contributed by atoms with van der Waals surface area (Å²) in [5.74, 6) is -2.05. The van der Waals surface area contributed by atoms with Gasteiger partial charge in [0.1, 0.15) is 60.0 Å². The standard InChI is InChI=1S/C24H26ClN3O7.C22H22ClN3O7.C20H20ClN3O5.C4H7ClO2.Na.H2O/c1-3-33-23(30)15-34-17-5-7-19-21(13-17)35-24(31)28(19)14-22(29)27-10-8-26(9-11-27)16-4-6-18(25)20(12-16)32-2;1-31-18-10-14(2-4-16(18)23)24-6-8-25(9-7-24)20(27)12-26-17-5-3-15(32-13-21(28)29)11-19(17)33-22(26)30;1-28-17-10-13(2-4-15(17)21)22-6-8-23(9-7-22)19(26)12-24-16-5-3-14(25)11-18(16)29-20(24)27;1-2-7-4(6)3-5;;/h4-7,12-13H,3,8-11,14-15H2,1-2H3;2-5,10-11H,6-9,12-13H2,1H3,(H,28,29);2-5,10-11,25H,6-9,12H2,1H3;2-3H2,1H3;;1H2/q;;;;+1;/p-1. The Morgan fingerprint density at radius 2 is 0.764 bits per heavy atom. The van der Waals surface area contributed by atoms with Gasteiger partial charge in [-0.3, -0.25) is 32.9 Å². The van der Waals surface area contributed by atoms with Crippen molar-refractivity contribution in [3.05, 3.63) is 156 Å². The number of carboxylic acids is 1. The van der Waals surface area contributed by atoms with Crippen LogP contribution < -0.4 is 85.2 Å². The number of alkyl halides is 1. The third kappa shape index (κ3) is 21.7. The number of phenolic OH excluding ortho intramolecular Hbond substituents is 1. The number of hydrogen-bond donors (Lipinski definition) is 2. The number of nitrogens with zero attached hydrogens (tertiary/aromatic N) is 9. The molecule has 0 unspecified atom stereocenters. The minimum absolute atomic E-state index is 0. The number of oxazole rings is 3. The smallest absolute Gasteiger partial charge is 0.870 e. The van der Waals surface area contributed by atoms with Crippen LogP contribution in [0.25, 0.3) is 33.3 Å². The third-order valence-corrected chi connectivity index (χ3v) is 17.8. The second-order valence-electron chi connectivity index (χ2n) is 23.0. The van der Waals surface area contributed by atoms with Crippen LogP contribution in [0.5, 0.6) is 34.5 Å². The summed E-state index contributed by atoms with van der Waals surface area (Å²) in [6.07, 6.45) is 0. The Hall–Kier alpha value is -9.73. The van der Waals surface area contributed by atoms with Gasteiger partial charge in [0.25, 0.3) is 0 Å². The average molecular weight is 1560 g/mol. The quantitative estimate of drug-likeness (QED) is 0.0566. The molecule has 9 aromatic rings. The van der Waals surface area contributed by atoms with Crippen molar-refractivity contribution in [2.45, 2.75) is 33.5 Å². The Balaban J connectivity index is 0.000000211. The normalized spacial score (nSPS) is 13.3. The van der Waals surface area contributed by atoms with Gasteiger partial charge in [-0.1, -0.05) is 34.8 Å². The van der Waals surface area contributed by atoms with Gasteiger partial charge in [-0.25, -0.2) is 24.0 Å². The first-order chi connectivity index (χ1) is 50.0. The number of aromatic hydroxyl groups is 1. The number of ether oxygens (including phenoxy) is 7. The van der Waals surface area contributed by atoms with E-state index >= 15 is 0 Å². The number of halogens is 4. The van der Waals surface area contributed by atoms with E-state index in [0.29, 0.717) is 140 Å². The van der Waals surface area contributed by atoms with E-state index in [1.165, 1.54) is 44.0 Å². The van der Waals surface area contributed by atoms with Gasteiger partial charge in [0.2, 0.25) is 17.7 Å². The van der Waals surface area contributed by atoms with Crippen LogP contribution in [0, 0.1) is 0 Å². The van der Waals surface area contributed by atoms with Gasteiger partial charge in [0.05, 0.1) is 66.2 Å². The molecule has 0 saturated carbocycles. The van der Waals surface area contributed by atoms with Crippen molar-refractivity contribution in [2.24, 2.45) is 0 Å². The maximum atomic E-state index is 12.9. The Morgan fingerprint density at radius 1 is 0.443 bits per heavy atom. The van der Waals surface area contributed by atoms with E-state index in [4.69, 9.17) is 93.2 Å². The molecule has 562 valence electrons. The molecule has 3 aliphatic heterocycles. The number of benzene rings is 6. The van der Waals surface area contributed by atoms with E-state index in [1.54, 1.807) is 92.3 Å². The van der Waals surface area contributed by atoms with Crippen LogP contribution in [0.1, 0.15) is 13.8 Å². The number of methoxy groups -OCH3 is 3. The summed E-state index contributed by atoms with van der Waals surface area (Å²) >= 11 is 23.3. The molecule has 3 fully saturated rings. The van der Waals surface area contributed by atoms with Crippen LogP contribution in [0.2, 0.25) is 15.1 Å². The Bertz CT molecular complexity index is 4730. The molecule has 6 heterocycles. The van der Waals surface area contributed by atoms with Crippen LogP contribution in [0.15, 0.2) is 137 Å². The maximum absolute atomic E-state index is 12.9. The molecule has 106 heavy (non-hydrogen) atoms. The van der Waals surface area contributed by atoms with E-state index < -0.39 is 35.8 Å². The number of phenols is 1. The fourth-order valence-corrected chi connectivity index (χ4v) is 12.0. The number of carbonyl (C=O) groups is 6. The number of aromatic nitrogens is 3. The average Bonchev–Trinajstić information content (AvgIpc) is 1.67. The van der Waals surface area contributed by atoms with Gasteiger partial charge < -0.3 is 91.5 Å². The van der Waals surface area contributed by atoms with Crippen LogP contribution >= 0.6 is 46.4 Å². The summed E-state index contributed by atoms with van der Waals surface area (Å²) in [5, 5.41) is 19.9. The number of rotatable bonds is 21. The van der Waals surface area contributed by atoms with Crippen molar-refractivity contribution in [2.75, 3.05) is 147 Å². The minimum atomic E-state index is -1.12. The van der Waals surface area contributed by atoms with Gasteiger partial charge >= 0.3 is 64.7 Å². The first-order valence-electron chi connectivity index (χ1n) is 32.5. The Morgan fingerprint density at radius 3 is 1.08 bits per heavy atom. The predicted molar refractivity (Wildman–Crippen MR) is 388 cm³/mol. The molecule has 0 bridgehead atoms. The zero-order chi connectivity index (χ0) is 74.7. The van der Waals surface area contributed by atoms with Crippen LogP contribution in [0.3, 0.4) is 0 Å². The number of amides is 3. The van der Waals surface area contributed by atoms with E-state index in [1.807, 2.05) is 36.4 Å². The van der Waals surface area contributed by atoms with E-state index in [0.717, 1.165) is 17.1 Å². The number of piperazine rings is 3. The molecular formula is C70H76Cl4N9NaO22. The summed E-state index contributed by atoms with van der Waals surface area (Å²) in [6.45, 7) is 9.91. The molecule has 0 spiro atoms. The van der Waals surface area contributed by atoms with Crippen molar-refractivity contribution in [3.8, 4) is 34.5 Å². The second-order valence-corrected chi connectivity index (χ2v) is 24.5.